The van der Waals surface area contributed by atoms with Crippen LogP contribution in [-0.4, -0.2) is 38.5 Å². The van der Waals surface area contributed by atoms with Gasteiger partial charge < -0.3 is 4.90 Å². The first-order chi connectivity index (χ1) is 17.2. The number of allylic oxidation sites excluding steroid dienone is 3. The third-order valence-corrected chi connectivity index (χ3v) is 6.12. The standard InChI is InChI=1S/C26H19F4N5O/c1-34(18-7-5-17(27)6-8-18)25(36)20-13-16(4-9-21(20)26(28,29)30)19-3-2-12-35-23(19)15-33-24(35)22-14-31-10-11-32-22/h2-12,14-16H,13H2,1H3. The number of likely N-dealkylation sites (N-methyl/N-ethyl adjacent to an activating group) is 1. The lowest BCUT2D eigenvalue weighted by atomic mass is 9.84. The molecule has 1 atom stereocenters. The number of imidazole rings is 1. The molecule has 182 valence electrons. The van der Waals surface area contributed by atoms with Crippen molar-refractivity contribution < 1.29 is 22.4 Å². The molecule has 0 bridgehead atoms. The molecule has 3 heterocycles. The largest absolute Gasteiger partial charge is 0.416 e. The summed E-state index contributed by atoms with van der Waals surface area (Å²) in [5, 5.41) is 0. The van der Waals surface area contributed by atoms with Crippen LogP contribution in [0.25, 0.3) is 17.0 Å². The summed E-state index contributed by atoms with van der Waals surface area (Å²) in [7, 11) is 1.37. The van der Waals surface area contributed by atoms with Crippen LogP contribution in [0.5, 0.6) is 0 Å². The zero-order valence-electron chi connectivity index (χ0n) is 18.9. The molecule has 0 saturated heterocycles. The van der Waals surface area contributed by atoms with Crippen LogP contribution >= 0.6 is 0 Å². The minimum Gasteiger partial charge on any atom is -0.312 e. The molecule has 1 aromatic carbocycles. The Morgan fingerprint density at radius 2 is 1.86 bits per heavy atom. The van der Waals surface area contributed by atoms with E-state index in [1.807, 2.05) is 0 Å². The van der Waals surface area contributed by atoms with Crippen LogP contribution in [0, 0.1) is 5.82 Å². The average Bonchev–Trinajstić information content (AvgIpc) is 3.32. The molecule has 0 spiro atoms. The van der Waals surface area contributed by atoms with Gasteiger partial charge in [-0.25, -0.2) is 14.4 Å². The van der Waals surface area contributed by atoms with E-state index in [0.717, 1.165) is 23.1 Å². The number of amides is 1. The van der Waals surface area contributed by atoms with E-state index in [1.54, 1.807) is 47.5 Å². The molecule has 0 saturated carbocycles. The first-order valence-corrected chi connectivity index (χ1v) is 11.0. The molecule has 0 fully saturated rings. The van der Waals surface area contributed by atoms with E-state index in [1.165, 1.54) is 25.3 Å². The number of alkyl halides is 3. The Morgan fingerprint density at radius 1 is 1.08 bits per heavy atom. The number of rotatable bonds is 4. The highest BCUT2D eigenvalue weighted by Gasteiger charge is 2.40. The molecule has 1 amide bonds. The Balaban J connectivity index is 1.53. The maximum atomic E-state index is 13.9. The molecular weight excluding hydrogens is 474 g/mol. The number of hydrogen-bond acceptors (Lipinski definition) is 4. The van der Waals surface area contributed by atoms with Crippen LogP contribution in [0.1, 0.15) is 17.9 Å². The highest BCUT2D eigenvalue weighted by atomic mass is 19.4. The normalized spacial score (nSPS) is 16.0. The first kappa shape index (κ1) is 23.4. The van der Waals surface area contributed by atoms with E-state index in [2.05, 4.69) is 15.0 Å². The second-order valence-corrected chi connectivity index (χ2v) is 8.29. The number of fused-ring (bicyclic) bond motifs is 1. The van der Waals surface area contributed by atoms with Gasteiger partial charge in [-0.3, -0.25) is 14.2 Å². The van der Waals surface area contributed by atoms with Crippen molar-refractivity contribution in [1.82, 2.24) is 19.4 Å². The number of hydrogen-bond donors (Lipinski definition) is 0. The molecule has 0 aliphatic heterocycles. The molecule has 0 radical (unpaired) electrons. The van der Waals surface area contributed by atoms with Crippen molar-refractivity contribution in [2.45, 2.75) is 18.5 Å². The molecule has 10 heteroatoms. The van der Waals surface area contributed by atoms with Gasteiger partial charge in [0.25, 0.3) is 5.91 Å². The van der Waals surface area contributed by atoms with Gasteiger partial charge >= 0.3 is 6.18 Å². The van der Waals surface area contributed by atoms with E-state index >= 15 is 0 Å². The van der Waals surface area contributed by atoms with Crippen LogP contribution in [0.4, 0.5) is 23.2 Å². The SMILES string of the molecule is CN(C(=O)C1=C(C(F)(F)F)C=CC(c2cccn3c(-c4cnccn4)ncc23)C1)c1ccc(F)cc1. The van der Waals surface area contributed by atoms with Crippen LogP contribution in [0.3, 0.4) is 0 Å². The zero-order valence-corrected chi connectivity index (χ0v) is 18.9. The molecule has 1 unspecified atom stereocenters. The Labute approximate surface area is 203 Å². The second-order valence-electron chi connectivity index (χ2n) is 8.29. The monoisotopic (exact) mass is 493 g/mol. The smallest absolute Gasteiger partial charge is 0.312 e. The summed E-state index contributed by atoms with van der Waals surface area (Å²) >= 11 is 0. The highest BCUT2D eigenvalue weighted by molar-refractivity contribution is 6.06. The van der Waals surface area contributed by atoms with Crippen molar-refractivity contribution in [2.75, 3.05) is 11.9 Å². The van der Waals surface area contributed by atoms with Gasteiger partial charge in [0.2, 0.25) is 0 Å². The average molecular weight is 493 g/mol. The molecule has 36 heavy (non-hydrogen) atoms. The quantitative estimate of drug-likeness (QED) is 0.353. The molecule has 0 N–H and O–H groups in total. The Hall–Kier alpha value is -4.34. The molecule has 1 aliphatic rings. The van der Waals surface area contributed by atoms with E-state index in [4.69, 9.17) is 0 Å². The Kier molecular flexibility index (Phi) is 5.87. The van der Waals surface area contributed by atoms with E-state index in [-0.39, 0.29) is 17.7 Å². The second kappa shape index (κ2) is 9.03. The van der Waals surface area contributed by atoms with Gasteiger partial charge in [-0.05, 0) is 42.3 Å². The topological polar surface area (TPSA) is 63.4 Å². The number of nitrogens with zero attached hydrogens (tertiary/aromatic N) is 5. The summed E-state index contributed by atoms with van der Waals surface area (Å²) in [5.74, 6) is -1.28. The van der Waals surface area contributed by atoms with Gasteiger partial charge in [0, 0.05) is 42.8 Å². The maximum absolute atomic E-state index is 13.9. The fourth-order valence-electron chi connectivity index (χ4n) is 4.34. The molecule has 6 nitrogen and oxygen atoms in total. The maximum Gasteiger partial charge on any atom is 0.416 e. The third-order valence-electron chi connectivity index (χ3n) is 6.12. The molecular formula is C26H19F4N5O. The number of benzene rings is 1. The summed E-state index contributed by atoms with van der Waals surface area (Å²) < 4.78 is 56.8. The lowest BCUT2D eigenvalue weighted by molar-refractivity contribution is -0.116. The fraction of sp³-hybridized carbons (Fsp3) is 0.154. The van der Waals surface area contributed by atoms with Gasteiger partial charge in [-0.1, -0.05) is 18.2 Å². The van der Waals surface area contributed by atoms with Crippen molar-refractivity contribution in [1.29, 1.82) is 0 Å². The lowest BCUT2D eigenvalue weighted by Gasteiger charge is -2.27. The minimum atomic E-state index is -4.71. The number of pyridine rings is 1. The number of halogens is 4. The van der Waals surface area contributed by atoms with Gasteiger partial charge in [-0.15, -0.1) is 0 Å². The number of carbonyl (C=O) groups is 1. The van der Waals surface area contributed by atoms with Crippen molar-refractivity contribution in [2.24, 2.45) is 0 Å². The van der Waals surface area contributed by atoms with Crippen LogP contribution in [0.15, 0.2) is 90.7 Å². The number of anilines is 1. The zero-order chi connectivity index (χ0) is 25.4. The highest BCUT2D eigenvalue weighted by Crippen LogP contribution is 2.40. The Bertz CT molecular complexity index is 1490. The first-order valence-electron chi connectivity index (χ1n) is 11.0. The predicted molar refractivity (Wildman–Crippen MR) is 126 cm³/mol. The summed E-state index contributed by atoms with van der Waals surface area (Å²) in [6, 6.07) is 8.56. The summed E-state index contributed by atoms with van der Waals surface area (Å²) in [4.78, 5) is 27.2. The Morgan fingerprint density at radius 3 is 2.56 bits per heavy atom. The molecule has 1 aliphatic carbocycles. The van der Waals surface area contributed by atoms with E-state index in [0.29, 0.717) is 22.6 Å². The summed E-state index contributed by atoms with van der Waals surface area (Å²) in [5.41, 5.74) is 0.878. The van der Waals surface area contributed by atoms with Gasteiger partial charge in [0.15, 0.2) is 5.82 Å². The van der Waals surface area contributed by atoms with Gasteiger partial charge in [0.05, 0.1) is 23.5 Å². The van der Waals surface area contributed by atoms with Crippen LogP contribution < -0.4 is 4.90 Å². The fourth-order valence-corrected chi connectivity index (χ4v) is 4.34. The van der Waals surface area contributed by atoms with E-state index < -0.39 is 29.4 Å². The van der Waals surface area contributed by atoms with E-state index in [9.17, 15) is 22.4 Å². The van der Waals surface area contributed by atoms with Crippen molar-refractivity contribution in [3.63, 3.8) is 0 Å². The minimum absolute atomic E-state index is 0.166. The number of aromatic nitrogens is 4. The van der Waals surface area contributed by atoms with Gasteiger partial charge in [0.1, 0.15) is 11.5 Å². The van der Waals surface area contributed by atoms with Gasteiger partial charge in [-0.2, -0.15) is 13.2 Å². The molecule has 4 aromatic rings. The number of carbonyl (C=O) groups excluding carboxylic acids is 1. The predicted octanol–water partition coefficient (Wildman–Crippen LogP) is 5.50. The third kappa shape index (κ3) is 4.26. The molecule has 3 aromatic heterocycles. The van der Waals surface area contributed by atoms with Crippen LogP contribution in [-0.2, 0) is 4.79 Å². The van der Waals surface area contributed by atoms with Crippen molar-refractivity contribution in [3.8, 4) is 11.5 Å². The summed E-state index contributed by atoms with van der Waals surface area (Å²) in [6.07, 6.45) is 5.62. The van der Waals surface area contributed by atoms with Crippen molar-refractivity contribution >= 4 is 17.1 Å². The van der Waals surface area contributed by atoms with Crippen LogP contribution in [0.2, 0.25) is 0 Å². The summed E-state index contributed by atoms with van der Waals surface area (Å²) in [6.45, 7) is 0. The van der Waals surface area contributed by atoms with Crippen molar-refractivity contribution in [3.05, 3.63) is 102 Å². The lowest BCUT2D eigenvalue weighted by Crippen LogP contribution is -2.32. The molecule has 5 rings (SSSR count).